The van der Waals surface area contributed by atoms with Gasteiger partial charge in [0.1, 0.15) is 17.2 Å². The maximum Gasteiger partial charge on any atom is 0.260 e. The first-order valence-corrected chi connectivity index (χ1v) is 19.4. The minimum atomic E-state index is -1.55. The molecule has 11 nitrogen and oxygen atoms in total. The number of imide groups is 2. The second kappa shape index (κ2) is 14.3. The molecule has 0 radical (unpaired) electrons. The first kappa shape index (κ1) is 36.7. The number of rotatable bonds is 9. The lowest BCUT2D eigenvalue weighted by molar-refractivity contribution is -0.138. The third kappa shape index (κ3) is 5.63. The van der Waals surface area contributed by atoms with Crippen LogP contribution in [0.2, 0.25) is 0 Å². The van der Waals surface area contributed by atoms with Gasteiger partial charge in [0.05, 0.1) is 48.8 Å². The van der Waals surface area contributed by atoms with Gasteiger partial charge in [-0.25, -0.2) is 0 Å². The molecule has 2 saturated heterocycles. The number of hydrogen-bond acceptors (Lipinski definition) is 9. The Hall–Kier alpha value is -6.88. The monoisotopic (exact) mass is 774 g/mol. The fraction of sp³-hybridized carbons (Fsp3) is 0.234. The molecule has 4 amide bonds. The number of anilines is 4. The van der Waals surface area contributed by atoms with Gasteiger partial charge in [0, 0.05) is 35.0 Å². The quantitative estimate of drug-likeness (QED) is 0.102. The summed E-state index contributed by atoms with van der Waals surface area (Å²) in [7, 11) is 2.95. The molecule has 1 saturated carbocycles. The molecule has 0 aromatic heterocycles. The molecule has 3 N–H and O–H groups in total. The van der Waals surface area contributed by atoms with Crippen LogP contribution >= 0.6 is 0 Å². The highest BCUT2D eigenvalue weighted by Gasteiger charge is 2.71. The van der Waals surface area contributed by atoms with Crippen LogP contribution in [0.4, 0.5) is 22.7 Å². The van der Waals surface area contributed by atoms with Crippen molar-refractivity contribution in [1.29, 1.82) is 0 Å². The third-order valence-electron chi connectivity index (χ3n) is 12.4. The summed E-state index contributed by atoms with van der Waals surface area (Å²) in [5.74, 6) is -5.15. The van der Waals surface area contributed by atoms with Crippen molar-refractivity contribution in [3.63, 3.8) is 0 Å². The van der Waals surface area contributed by atoms with Crippen LogP contribution in [0.1, 0.15) is 35.4 Å². The molecule has 5 aromatic rings. The SMILES string of the molecule is COc1cc(O)cc(OC)c1C1C2=CCC3C(=O)N(c4ccc(Nc5ccccc5)cc4)C(=O)C3C2CC2C(=O)N(Nc3ccc(C)cc3)C(=O)C21c1ccccc1. The molecule has 6 atom stereocenters. The lowest BCUT2D eigenvalue weighted by Crippen LogP contribution is -2.53. The van der Waals surface area contributed by atoms with Crippen LogP contribution in [-0.2, 0) is 24.6 Å². The number of carbonyl (C=O) groups excluding carboxylic acids is 4. The van der Waals surface area contributed by atoms with Gasteiger partial charge in [-0.05, 0) is 79.8 Å². The van der Waals surface area contributed by atoms with Gasteiger partial charge in [0.15, 0.2) is 0 Å². The van der Waals surface area contributed by atoms with Crippen molar-refractivity contribution in [3.05, 3.63) is 150 Å². The maximum absolute atomic E-state index is 15.5. The average molecular weight is 775 g/mol. The van der Waals surface area contributed by atoms with Crippen LogP contribution in [0.5, 0.6) is 17.2 Å². The van der Waals surface area contributed by atoms with Gasteiger partial charge in [0.2, 0.25) is 11.8 Å². The number of phenols is 1. The highest BCUT2D eigenvalue weighted by Crippen LogP contribution is 2.66. The number of nitrogens with one attached hydrogen (secondary N) is 2. The second-order valence-corrected chi connectivity index (χ2v) is 15.4. The Kier molecular flexibility index (Phi) is 9.03. The van der Waals surface area contributed by atoms with Gasteiger partial charge < -0.3 is 19.9 Å². The highest BCUT2D eigenvalue weighted by atomic mass is 16.5. The number of amides is 4. The smallest absolute Gasteiger partial charge is 0.260 e. The summed E-state index contributed by atoms with van der Waals surface area (Å²) in [6.45, 7) is 1.95. The molecule has 2 aliphatic carbocycles. The van der Waals surface area contributed by atoms with Crippen LogP contribution in [0.3, 0.4) is 0 Å². The van der Waals surface area contributed by atoms with E-state index in [-0.39, 0.29) is 41.9 Å². The molecule has 2 aliphatic heterocycles. The zero-order chi connectivity index (χ0) is 40.3. The molecule has 9 rings (SSSR count). The van der Waals surface area contributed by atoms with E-state index in [0.29, 0.717) is 22.5 Å². The van der Waals surface area contributed by atoms with E-state index < -0.39 is 46.8 Å². The molecule has 6 unspecified atom stereocenters. The zero-order valence-electron chi connectivity index (χ0n) is 32.2. The van der Waals surface area contributed by atoms with Gasteiger partial charge in [-0.3, -0.25) is 29.5 Å². The van der Waals surface area contributed by atoms with Crippen molar-refractivity contribution >= 4 is 46.4 Å². The van der Waals surface area contributed by atoms with E-state index in [1.807, 2.05) is 110 Å². The van der Waals surface area contributed by atoms with E-state index in [9.17, 15) is 14.7 Å². The molecule has 5 aromatic carbocycles. The standard InChI is InChI=1S/C47H42N4O7/c1-27-14-16-31(17-15-27)49-51-44(54)37-26-36-34(42(41-38(57-2)24-33(52)25-39(41)58-3)47(37,46(51)56)28-10-6-4-7-11-28)22-23-35-40(36)45(55)50(43(35)53)32-20-18-30(19-21-32)48-29-12-8-5-9-13-29/h4-22,24-25,35-37,40,42,48-49,52H,23,26H2,1-3H3. The minimum absolute atomic E-state index is 0.110. The van der Waals surface area contributed by atoms with Crippen molar-refractivity contribution in [2.75, 3.05) is 29.9 Å². The number of hydrogen-bond donors (Lipinski definition) is 3. The summed E-state index contributed by atoms with van der Waals surface area (Å²) >= 11 is 0. The Morgan fingerprint density at radius 1 is 0.707 bits per heavy atom. The number of benzene rings is 5. The van der Waals surface area contributed by atoms with E-state index >= 15 is 9.59 Å². The predicted molar refractivity (Wildman–Crippen MR) is 219 cm³/mol. The lowest BCUT2D eigenvalue weighted by Gasteiger charge is -2.51. The van der Waals surface area contributed by atoms with Crippen LogP contribution in [0, 0.1) is 30.6 Å². The molecule has 0 bridgehead atoms. The van der Waals surface area contributed by atoms with Crippen LogP contribution in [0.25, 0.3) is 0 Å². The Bertz CT molecular complexity index is 2450. The van der Waals surface area contributed by atoms with E-state index in [2.05, 4.69) is 10.7 Å². The van der Waals surface area contributed by atoms with Crippen molar-refractivity contribution < 1.29 is 33.8 Å². The Labute approximate surface area is 335 Å². The van der Waals surface area contributed by atoms with E-state index in [1.54, 1.807) is 12.1 Å². The zero-order valence-corrected chi connectivity index (χ0v) is 32.2. The largest absolute Gasteiger partial charge is 0.508 e. The Morgan fingerprint density at radius 3 is 1.95 bits per heavy atom. The van der Waals surface area contributed by atoms with Crippen LogP contribution in [-0.4, -0.2) is 48.0 Å². The normalized spacial score (nSPS) is 24.8. The third-order valence-corrected chi connectivity index (χ3v) is 12.4. The average Bonchev–Trinajstić information content (AvgIpc) is 3.63. The summed E-state index contributed by atoms with van der Waals surface area (Å²) in [4.78, 5) is 61.1. The number of nitrogens with zero attached hydrogens (tertiary/aromatic N) is 2. The molecular weight excluding hydrogens is 733 g/mol. The predicted octanol–water partition coefficient (Wildman–Crippen LogP) is 7.65. The highest BCUT2D eigenvalue weighted by molar-refractivity contribution is 6.22. The van der Waals surface area contributed by atoms with Crippen molar-refractivity contribution in [1.82, 2.24) is 5.01 Å². The maximum atomic E-state index is 15.5. The molecule has 11 heteroatoms. The number of ether oxygens (including phenoxy) is 2. The van der Waals surface area contributed by atoms with Crippen molar-refractivity contribution in [2.24, 2.45) is 23.7 Å². The summed E-state index contributed by atoms with van der Waals surface area (Å²) in [5, 5.41) is 15.3. The van der Waals surface area contributed by atoms with Gasteiger partial charge >= 0.3 is 0 Å². The van der Waals surface area contributed by atoms with Crippen molar-refractivity contribution in [2.45, 2.75) is 31.1 Å². The number of allylic oxidation sites excluding steroid dienone is 2. The van der Waals surface area contributed by atoms with Gasteiger partial charge in [-0.2, -0.15) is 5.01 Å². The van der Waals surface area contributed by atoms with Crippen LogP contribution < -0.4 is 25.1 Å². The summed E-state index contributed by atoms with van der Waals surface area (Å²) in [6, 6.07) is 36.5. The summed E-state index contributed by atoms with van der Waals surface area (Å²) in [6.07, 6.45) is 2.36. The number of methoxy groups -OCH3 is 2. The molecule has 4 aliphatic rings. The number of hydrazine groups is 1. The van der Waals surface area contributed by atoms with Gasteiger partial charge in [-0.15, -0.1) is 0 Å². The minimum Gasteiger partial charge on any atom is -0.508 e. The number of aryl methyl sites for hydroxylation is 1. The second-order valence-electron chi connectivity index (χ2n) is 15.4. The molecule has 0 spiro atoms. The van der Waals surface area contributed by atoms with E-state index in [4.69, 9.17) is 9.47 Å². The van der Waals surface area contributed by atoms with Gasteiger partial charge in [0.25, 0.3) is 11.8 Å². The summed E-state index contributed by atoms with van der Waals surface area (Å²) < 4.78 is 11.9. The first-order chi connectivity index (χ1) is 28.1. The molecular formula is C47H42N4O7. The van der Waals surface area contributed by atoms with Gasteiger partial charge in [-0.1, -0.05) is 77.9 Å². The summed E-state index contributed by atoms with van der Waals surface area (Å²) in [5.41, 5.74) is 7.12. The Morgan fingerprint density at radius 2 is 1.31 bits per heavy atom. The fourth-order valence-electron chi connectivity index (χ4n) is 9.91. The molecule has 2 heterocycles. The first-order valence-electron chi connectivity index (χ1n) is 19.4. The Balaban J connectivity index is 1.19. The van der Waals surface area contributed by atoms with E-state index in [1.165, 1.54) is 31.3 Å². The fourth-order valence-corrected chi connectivity index (χ4v) is 9.91. The van der Waals surface area contributed by atoms with Crippen LogP contribution in [0.15, 0.2) is 133 Å². The molecule has 292 valence electrons. The molecule has 3 fully saturated rings. The lowest BCUT2D eigenvalue weighted by atomic mass is 9.49. The number of aromatic hydroxyl groups is 1. The number of carbonyl (C=O) groups is 4. The number of para-hydroxylation sites is 1. The number of fused-ring (bicyclic) bond motifs is 4. The topological polar surface area (TPSA) is 138 Å². The molecule has 58 heavy (non-hydrogen) atoms. The van der Waals surface area contributed by atoms with Crippen molar-refractivity contribution in [3.8, 4) is 17.2 Å². The number of phenolic OH excluding ortho intramolecular Hbond substituents is 1. The van der Waals surface area contributed by atoms with E-state index in [0.717, 1.165) is 27.5 Å².